The van der Waals surface area contributed by atoms with Crippen LogP contribution in [0.15, 0.2) is 41.0 Å². The number of ether oxygens (including phenoxy) is 1. The predicted octanol–water partition coefficient (Wildman–Crippen LogP) is 2.92. The van der Waals surface area contributed by atoms with Crippen LogP contribution in [0.3, 0.4) is 0 Å². The molecule has 0 amide bonds. The van der Waals surface area contributed by atoms with Crippen molar-refractivity contribution in [1.29, 1.82) is 0 Å². The molecular weight excluding hydrogens is 342 g/mol. The van der Waals surface area contributed by atoms with Crippen LogP contribution in [0.2, 0.25) is 0 Å². The number of aromatic nitrogens is 1. The average molecular weight is 369 g/mol. The Morgan fingerprint density at radius 1 is 1.30 bits per heavy atom. The quantitative estimate of drug-likeness (QED) is 0.773. The number of likely N-dealkylation sites (N-methyl/N-ethyl adjacent to an activating group) is 1. The van der Waals surface area contributed by atoms with Crippen LogP contribution in [0, 0.1) is 0 Å². The largest absolute Gasteiger partial charge is 0.464 e. The summed E-state index contributed by atoms with van der Waals surface area (Å²) in [4.78, 5) is 20.7. The molecule has 1 aromatic carbocycles. The summed E-state index contributed by atoms with van der Waals surface area (Å²) >= 11 is 0. The molecule has 0 aliphatic carbocycles. The van der Waals surface area contributed by atoms with Crippen molar-refractivity contribution >= 4 is 5.97 Å². The third kappa shape index (κ3) is 3.64. The monoisotopic (exact) mass is 369 g/mol. The second-order valence-corrected chi connectivity index (χ2v) is 7.81. The van der Waals surface area contributed by atoms with Crippen molar-refractivity contribution in [2.24, 2.45) is 0 Å². The van der Waals surface area contributed by atoms with Crippen molar-refractivity contribution in [2.45, 2.75) is 37.3 Å². The number of hydrogen-bond donors (Lipinski definition) is 0. The molecule has 2 aromatic rings. The van der Waals surface area contributed by atoms with Gasteiger partial charge in [-0.1, -0.05) is 30.3 Å². The van der Waals surface area contributed by atoms with E-state index in [0.717, 1.165) is 32.5 Å². The summed E-state index contributed by atoms with van der Waals surface area (Å²) < 4.78 is 10.1. The lowest BCUT2D eigenvalue weighted by atomic mass is 9.81. The summed E-state index contributed by atoms with van der Waals surface area (Å²) in [6.45, 7) is 3.80. The number of nitrogens with zero attached hydrogens (tertiary/aromatic N) is 3. The fourth-order valence-corrected chi connectivity index (χ4v) is 4.64. The third-order valence-corrected chi connectivity index (χ3v) is 6.29. The number of carbonyl (C=O) groups is 1. The summed E-state index contributed by atoms with van der Waals surface area (Å²) in [5.74, 6) is 0.743. The summed E-state index contributed by atoms with van der Waals surface area (Å²) in [6.07, 6.45) is 4.91. The molecule has 27 heavy (non-hydrogen) atoms. The molecule has 2 aliphatic rings. The summed E-state index contributed by atoms with van der Waals surface area (Å²) in [5.41, 5.74) is 1.99. The first-order valence-corrected chi connectivity index (χ1v) is 9.61. The van der Waals surface area contributed by atoms with Crippen LogP contribution >= 0.6 is 0 Å². The number of carbonyl (C=O) groups excluding carboxylic acids is 1. The molecule has 0 N–H and O–H groups in total. The summed E-state index contributed by atoms with van der Waals surface area (Å²) in [6, 6.07) is 10.9. The van der Waals surface area contributed by atoms with Gasteiger partial charge in [-0.05, 0) is 37.8 Å². The lowest BCUT2D eigenvalue weighted by Crippen LogP contribution is -2.50. The van der Waals surface area contributed by atoms with Crippen molar-refractivity contribution in [3.63, 3.8) is 0 Å². The van der Waals surface area contributed by atoms with Gasteiger partial charge in [-0.3, -0.25) is 9.80 Å². The maximum atomic E-state index is 11.5. The van der Waals surface area contributed by atoms with E-state index in [9.17, 15) is 4.79 Å². The van der Waals surface area contributed by atoms with E-state index >= 15 is 0 Å². The van der Waals surface area contributed by atoms with Crippen LogP contribution in [0.5, 0.6) is 0 Å². The van der Waals surface area contributed by atoms with Gasteiger partial charge >= 0.3 is 5.97 Å². The fourth-order valence-electron chi connectivity index (χ4n) is 4.64. The number of rotatable bonds is 4. The van der Waals surface area contributed by atoms with E-state index in [-0.39, 0.29) is 5.69 Å². The minimum Gasteiger partial charge on any atom is -0.464 e. The lowest BCUT2D eigenvalue weighted by Gasteiger charge is -2.43. The molecule has 144 valence electrons. The molecule has 1 aromatic heterocycles. The van der Waals surface area contributed by atoms with E-state index in [2.05, 4.69) is 56.9 Å². The molecule has 0 saturated carbocycles. The molecule has 1 spiro atoms. The lowest BCUT2D eigenvalue weighted by molar-refractivity contribution is 0.0593. The SMILES string of the molecule is COC(=O)c1coc(CN2CCC3(CC2)C[C@@H](c2ccccc2)CN3C)n1. The third-order valence-electron chi connectivity index (χ3n) is 6.29. The van der Waals surface area contributed by atoms with Crippen molar-refractivity contribution in [1.82, 2.24) is 14.8 Å². The van der Waals surface area contributed by atoms with Crippen molar-refractivity contribution in [3.8, 4) is 0 Å². The zero-order valence-corrected chi connectivity index (χ0v) is 16.1. The van der Waals surface area contributed by atoms with Crippen LogP contribution in [0.1, 0.15) is 47.1 Å². The number of hydrogen-bond acceptors (Lipinski definition) is 6. The molecule has 0 bridgehead atoms. The van der Waals surface area contributed by atoms with Gasteiger partial charge in [0.1, 0.15) is 6.26 Å². The smallest absolute Gasteiger partial charge is 0.360 e. The normalized spacial score (nSPS) is 23.0. The van der Waals surface area contributed by atoms with E-state index < -0.39 is 5.97 Å². The summed E-state index contributed by atoms with van der Waals surface area (Å²) in [7, 11) is 3.62. The van der Waals surface area contributed by atoms with Crippen LogP contribution in [0.25, 0.3) is 0 Å². The first-order chi connectivity index (χ1) is 13.1. The van der Waals surface area contributed by atoms with E-state index in [0.29, 0.717) is 23.9 Å². The minimum atomic E-state index is -0.456. The highest BCUT2D eigenvalue weighted by molar-refractivity contribution is 5.86. The molecule has 4 rings (SSSR count). The maximum Gasteiger partial charge on any atom is 0.360 e. The number of benzene rings is 1. The topological polar surface area (TPSA) is 58.8 Å². The van der Waals surface area contributed by atoms with Gasteiger partial charge in [0.15, 0.2) is 5.69 Å². The summed E-state index contributed by atoms with van der Waals surface area (Å²) in [5, 5.41) is 0. The van der Waals surface area contributed by atoms with Gasteiger partial charge in [0.05, 0.1) is 13.7 Å². The fraction of sp³-hybridized carbons (Fsp3) is 0.524. The predicted molar refractivity (Wildman–Crippen MR) is 102 cm³/mol. The highest BCUT2D eigenvalue weighted by Crippen LogP contribution is 2.44. The van der Waals surface area contributed by atoms with Crippen LogP contribution in [-0.2, 0) is 11.3 Å². The minimum absolute atomic E-state index is 0.238. The highest BCUT2D eigenvalue weighted by atomic mass is 16.5. The standard InChI is InChI=1S/C21H27N3O3/c1-23-13-17(16-6-4-3-5-7-16)12-21(23)8-10-24(11-9-21)14-19-22-18(15-27-19)20(25)26-2/h3-7,15,17H,8-14H2,1-2H3/t17-/m1/s1. The van der Waals surface area contributed by atoms with Gasteiger partial charge in [-0.2, -0.15) is 0 Å². The van der Waals surface area contributed by atoms with Crippen molar-refractivity contribution in [3.05, 3.63) is 53.7 Å². The number of oxazole rings is 1. The molecule has 0 radical (unpaired) electrons. The Bertz CT molecular complexity index is 781. The van der Waals surface area contributed by atoms with Crippen molar-refractivity contribution < 1.29 is 13.9 Å². The van der Waals surface area contributed by atoms with E-state index in [1.807, 2.05) is 0 Å². The molecule has 2 aliphatic heterocycles. The van der Waals surface area contributed by atoms with Gasteiger partial charge in [0, 0.05) is 25.2 Å². The van der Waals surface area contributed by atoms with Crippen LogP contribution in [0.4, 0.5) is 0 Å². The molecule has 6 nitrogen and oxygen atoms in total. The van der Waals surface area contributed by atoms with Crippen LogP contribution < -0.4 is 0 Å². The van der Waals surface area contributed by atoms with Gasteiger partial charge < -0.3 is 9.15 Å². The Labute approximate surface area is 160 Å². The first kappa shape index (κ1) is 18.2. The van der Waals surface area contributed by atoms with Gasteiger partial charge in [-0.15, -0.1) is 0 Å². The molecule has 1 atom stereocenters. The Hall–Kier alpha value is -2.18. The molecule has 2 saturated heterocycles. The molecule has 6 heteroatoms. The Kier molecular flexibility index (Phi) is 5.02. The Morgan fingerprint density at radius 2 is 2.04 bits per heavy atom. The maximum absolute atomic E-state index is 11.5. The van der Waals surface area contributed by atoms with Gasteiger partial charge in [0.2, 0.25) is 5.89 Å². The molecule has 0 unspecified atom stereocenters. The number of likely N-dealkylation sites (tertiary alicyclic amines) is 2. The highest BCUT2D eigenvalue weighted by Gasteiger charge is 2.45. The second-order valence-electron chi connectivity index (χ2n) is 7.81. The zero-order valence-electron chi connectivity index (χ0n) is 16.1. The first-order valence-electron chi connectivity index (χ1n) is 9.61. The van der Waals surface area contributed by atoms with Gasteiger partial charge in [-0.25, -0.2) is 9.78 Å². The van der Waals surface area contributed by atoms with E-state index in [1.54, 1.807) is 0 Å². The number of methoxy groups -OCH3 is 1. The average Bonchev–Trinajstić information content (AvgIpc) is 3.29. The molecular formula is C21H27N3O3. The van der Waals surface area contributed by atoms with E-state index in [1.165, 1.54) is 25.4 Å². The number of esters is 1. The van der Waals surface area contributed by atoms with Crippen LogP contribution in [-0.4, -0.2) is 60.1 Å². The number of piperidine rings is 1. The zero-order chi connectivity index (χ0) is 18.9. The Balaban J connectivity index is 1.36. The van der Waals surface area contributed by atoms with Crippen molar-refractivity contribution in [2.75, 3.05) is 33.8 Å². The van der Waals surface area contributed by atoms with E-state index in [4.69, 9.17) is 4.42 Å². The van der Waals surface area contributed by atoms with Gasteiger partial charge in [0.25, 0.3) is 0 Å². The second kappa shape index (κ2) is 7.44. The molecule has 3 heterocycles. The molecule has 2 fully saturated rings. The Morgan fingerprint density at radius 3 is 2.74 bits per heavy atom.